The van der Waals surface area contributed by atoms with Gasteiger partial charge in [0.05, 0.1) is 6.54 Å². The number of nitrogens with zero attached hydrogens (tertiary/aromatic N) is 2. The molecule has 2 rings (SSSR count). The van der Waals surface area contributed by atoms with Gasteiger partial charge in [0.15, 0.2) is 0 Å². The third-order valence-corrected chi connectivity index (χ3v) is 4.27. The van der Waals surface area contributed by atoms with Crippen molar-refractivity contribution in [2.24, 2.45) is 0 Å². The smallest absolute Gasteiger partial charge is 0.387 e. The molecule has 0 bridgehead atoms. The van der Waals surface area contributed by atoms with E-state index in [1.807, 2.05) is 0 Å². The summed E-state index contributed by atoms with van der Waals surface area (Å²) in [5.74, 6) is 0.200. The molecular weight excluding hydrogens is 302 g/mol. The van der Waals surface area contributed by atoms with Crippen molar-refractivity contribution in [2.45, 2.75) is 45.4 Å². The minimum Gasteiger partial charge on any atom is -0.435 e. The summed E-state index contributed by atoms with van der Waals surface area (Å²) in [5, 5.41) is 0. The minimum atomic E-state index is -2.82. The lowest BCUT2D eigenvalue weighted by atomic mass is 10.0. The number of carbonyl (C=O) groups excluding carboxylic acids is 1. The topological polar surface area (TPSA) is 32.8 Å². The van der Waals surface area contributed by atoms with Gasteiger partial charge < -0.3 is 9.64 Å². The molecule has 1 aromatic rings. The molecule has 1 unspecified atom stereocenters. The molecular formula is C17H24F2N2O2. The predicted octanol–water partition coefficient (Wildman–Crippen LogP) is 3.12. The first kappa shape index (κ1) is 17.7. The summed E-state index contributed by atoms with van der Waals surface area (Å²) < 4.78 is 28.5. The third-order valence-electron chi connectivity index (χ3n) is 4.27. The van der Waals surface area contributed by atoms with Crippen LogP contribution in [0.25, 0.3) is 0 Å². The van der Waals surface area contributed by atoms with Crippen LogP contribution in [0, 0.1) is 0 Å². The Morgan fingerprint density at radius 2 is 2.04 bits per heavy atom. The highest BCUT2D eigenvalue weighted by molar-refractivity contribution is 5.78. The Morgan fingerprint density at radius 1 is 1.35 bits per heavy atom. The Hall–Kier alpha value is -1.69. The van der Waals surface area contributed by atoms with E-state index in [0.29, 0.717) is 19.1 Å². The van der Waals surface area contributed by atoms with Gasteiger partial charge in [0, 0.05) is 19.6 Å². The number of ether oxygens (including phenoxy) is 1. The van der Waals surface area contributed by atoms with Gasteiger partial charge in [-0.25, -0.2) is 0 Å². The van der Waals surface area contributed by atoms with E-state index < -0.39 is 6.61 Å². The van der Waals surface area contributed by atoms with E-state index >= 15 is 0 Å². The van der Waals surface area contributed by atoms with Crippen LogP contribution in [0.5, 0.6) is 5.75 Å². The summed E-state index contributed by atoms with van der Waals surface area (Å²) in [4.78, 5) is 16.2. The number of halogens is 2. The van der Waals surface area contributed by atoms with Crippen molar-refractivity contribution >= 4 is 5.91 Å². The standard InChI is InChI=1S/C17H24F2N2O2/c1-13-5-3-4-10-21(13)12-16(22)20(2)11-14-6-8-15(9-7-14)23-17(18)19/h6-9,13,17H,3-5,10-12H2,1-2H3. The molecule has 0 aliphatic carbocycles. The highest BCUT2D eigenvalue weighted by Gasteiger charge is 2.22. The maximum Gasteiger partial charge on any atom is 0.387 e. The Kier molecular flexibility index (Phi) is 6.33. The summed E-state index contributed by atoms with van der Waals surface area (Å²) in [6, 6.07) is 6.83. The Morgan fingerprint density at radius 3 is 2.65 bits per heavy atom. The predicted molar refractivity (Wildman–Crippen MR) is 84.4 cm³/mol. The molecule has 6 heteroatoms. The minimum absolute atomic E-state index is 0.0756. The molecule has 0 radical (unpaired) electrons. The number of carbonyl (C=O) groups is 1. The number of amides is 1. The van der Waals surface area contributed by atoms with Crippen LogP contribution in [-0.2, 0) is 11.3 Å². The van der Waals surface area contributed by atoms with Crippen molar-refractivity contribution in [3.63, 3.8) is 0 Å². The molecule has 0 aromatic heterocycles. The quantitative estimate of drug-likeness (QED) is 0.805. The van der Waals surface area contributed by atoms with Crippen molar-refractivity contribution in [1.29, 1.82) is 0 Å². The van der Waals surface area contributed by atoms with Gasteiger partial charge in [0.2, 0.25) is 5.91 Å². The Bertz CT molecular complexity index is 508. The average Bonchev–Trinajstić information content (AvgIpc) is 2.51. The van der Waals surface area contributed by atoms with Gasteiger partial charge in [-0.3, -0.25) is 9.69 Å². The molecule has 128 valence electrons. The van der Waals surface area contributed by atoms with E-state index in [4.69, 9.17) is 0 Å². The van der Waals surface area contributed by atoms with Crippen LogP contribution in [0.15, 0.2) is 24.3 Å². The molecule has 1 aromatic carbocycles. The first-order valence-electron chi connectivity index (χ1n) is 7.97. The molecule has 23 heavy (non-hydrogen) atoms. The lowest BCUT2D eigenvalue weighted by Gasteiger charge is -2.33. The first-order valence-corrected chi connectivity index (χ1v) is 7.97. The van der Waals surface area contributed by atoms with E-state index in [1.54, 1.807) is 24.1 Å². The second-order valence-corrected chi connectivity index (χ2v) is 6.09. The highest BCUT2D eigenvalue weighted by atomic mass is 19.3. The zero-order chi connectivity index (χ0) is 16.8. The fraction of sp³-hybridized carbons (Fsp3) is 0.588. The first-order chi connectivity index (χ1) is 11.0. The molecule has 0 saturated carbocycles. The summed E-state index contributed by atoms with van der Waals surface area (Å²) in [6.07, 6.45) is 3.52. The van der Waals surface area contributed by atoms with Gasteiger partial charge in [-0.05, 0) is 44.0 Å². The van der Waals surface area contributed by atoms with E-state index in [9.17, 15) is 13.6 Å². The van der Waals surface area contributed by atoms with Crippen LogP contribution >= 0.6 is 0 Å². The van der Waals surface area contributed by atoms with Gasteiger partial charge in [-0.2, -0.15) is 8.78 Å². The van der Waals surface area contributed by atoms with Crippen molar-refractivity contribution in [3.8, 4) is 5.75 Å². The van der Waals surface area contributed by atoms with Gasteiger partial charge in [-0.15, -0.1) is 0 Å². The second kappa shape index (κ2) is 8.24. The molecule has 1 fully saturated rings. The molecule has 1 aliphatic heterocycles. The van der Waals surface area contributed by atoms with Crippen LogP contribution in [0.4, 0.5) is 8.78 Å². The fourth-order valence-corrected chi connectivity index (χ4v) is 2.83. The Labute approximate surface area is 136 Å². The number of hydrogen-bond acceptors (Lipinski definition) is 3. The summed E-state index contributed by atoms with van der Waals surface area (Å²) >= 11 is 0. The highest BCUT2D eigenvalue weighted by Crippen LogP contribution is 2.18. The number of hydrogen-bond donors (Lipinski definition) is 0. The Balaban J connectivity index is 1.85. The van der Waals surface area contributed by atoms with Crippen LogP contribution in [0.2, 0.25) is 0 Å². The molecule has 1 atom stereocenters. The molecule has 1 amide bonds. The van der Waals surface area contributed by atoms with Gasteiger partial charge in [0.25, 0.3) is 0 Å². The number of likely N-dealkylation sites (tertiary alicyclic amines) is 1. The van der Waals surface area contributed by atoms with Gasteiger partial charge in [-0.1, -0.05) is 18.6 Å². The van der Waals surface area contributed by atoms with Gasteiger partial charge >= 0.3 is 6.61 Å². The molecule has 1 saturated heterocycles. The molecule has 0 spiro atoms. The van der Waals surface area contributed by atoms with E-state index in [-0.39, 0.29) is 11.7 Å². The fourth-order valence-electron chi connectivity index (χ4n) is 2.83. The summed E-state index contributed by atoms with van der Waals surface area (Å²) in [5.41, 5.74) is 0.883. The average molecular weight is 326 g/mol. The SMILES string of the molecule is CC1CCCCN1CC(=O)N(C)Cc1ccc(OC(F)F)cc1. The van der Waals surface area contributed by atoms with Crippen molar-refractivity contribution in [1.82, 2.24) is 9.80 Å². The van der Waals surface area contributed by atoms with Gasteiger partial charge in [0.1, 0.15) is 5.75 Å². The van der Waals surface area contributed by atoms with Crippen LogP contribution < -0.4 is 4.74 Å². The zero-order valence-electron chi connectivity index (χ0n) is 13.7. The van der Waals surface area contributed by atoms with Crippen LogP contribution in [0.1, 0.15) is 31.7 Å². The van der Waals surface area contributed by atoms with E-state index in [2.05, 4.69) is 16.6 Å². The number of rotatable bonds is 6. The monoisotopic (exact) mass is 326 g/mol. The normalized spacial score (nSPS) is 18.9. The second-order valence-electron chi connectivity index (χ2n) is 6.09. The molecule has 1 aliphatic rings. The van der Waals surface area contributed by atoms with Crippen molar-refractivity contribution in [3.05, 3.63) is 29.8 Å². The summed E-state index contributed by atoms with van der Waals surface area (Å²) in [6.45, 7) is 1.20. The lowest BCUT2D eigenvalue weighted by Crippen LogP contribution is -2.44. The van der Waals surface area contributed by atoms with Crippen molar-refractivity contribution < 1.29 is 18.3 Å². The molecule has 4 nitrogen and oxygen atoms in total. The number of likely N-dealkylation sites (N-methyl/N-ethyl adjacent to an activating group) is 1. The number of benzene rings is 1. The van der Waals surface area contributed by atoms with E-state index in [1.165, 1.54) is 18.6 Å². The maximum absolute atomic E-state index is 12.3. The molecule has 1 heterocycles. The largest absolute Gasteiger partial charge is 0.435 e. The number of piperidine rings is 1. The summed E-state index contributed by atoms with van der Waals surface area (Å²) in [7, 11) is 1.76. The van der Waals surface area contributed by atoms with Crippen molar-refractivity contribution in [2.75, 3.05) is 20.1 Å². The maximum atomic E-state index is 12.3. The zero-order valence-corrected chi connectivity index (χ0v) is 13.7. The van der Waals surface area contributed by atoms with E-state index in [0.717, 1.165) is 24.9 Å². The number of alkyl halides is 2. The lowest BCUT2D eigenvalue weighted by molar-refractivity contribution is -0.132. The molecule has 0 N–H and O–H groups in total. The van der Waals surface area contributed by atoms with Crippen LogP contribution in [0.3, 0.4) is 0 Å². The third kappa shape index (κ3) is 5.46. The van der Waals surface area contributed by atoms with Crippen LogP contribution in [-0.4, -0.2) is 48.5 Å².